The van der Waals surface area contributed by atoms with Crippen molar-refractivity contribution in [2.45, 2.75) is 78.0 Å². The average Bonchev–Trinajstić information content (AvgIpc) is 2.43. The van der Waals surface area contributed by atoms with Crippen LogP contribution >= 0.6 is 0 Å². The molecule has 0 spiro atoms. The van der Waals surface area contributed by atoms with Gasteiger partial charge in [-0.2, -0.15) is 0 Å². The van der Waals surface area contributed by atoms with Gasteiger partial charge in [0, 0.05) is 31.3 Å². The Balaban J connectivity index is 2.33. The van der Waals surface area contributed by atoms with E-state index in [4.69, 9.17) is 4.74 Å². The summed E-state index contributed by atoms with van der Waals surface area (Å²) in [5.41, 5.74) is 0.252. The summed E-state index contributed by atoms with van der Waals surface area (Å²) >= 11 is 0. The maximum Gasteiger partial charge on any atom is 0.0702 e. The second kappa shape index (κ2) is 8.23. The Morgan fingerprint density at radius 3 is 2.74 bits per heavy atom. The molecule has 1 rings (SSSR count). The fraction of sp³-hybridized carbons (Fsp3) is 1.00. The number of ether oxygens (including phenoxy) is 1. The number of hydrogen-bond acceptors (Lipinski definition) is 3. The van der Waals surface area contributed by atoms with Crippen LogP contribution in [0.4, 0.5) is 0 Å². The lowest BCUT2D eigenvalue weighted by Gasteiger charge is -2.38. The third kappa shape index (κ3) is 6.24. The van der Waals surface area contributed by atoms with E-state index in [-0.39, 0.29) is 5.54 Å². The third-order valence-electron chi connectivity index (χ3n) is 4.35. The van der Waals surface area contributed by atoms with E-state index in [1.165, 1.54) is 25.8 Å². The summed E-state index contributed by atoms with van der Waals surface area (Å²) in [6, 6.07) is 0.596. The van der Waals surface area contributed by atoms with Crippen molar-refractivity contribution in [1.82, 2.24) is 10.2 Å². The molecule has 2 unspecified atom stereocenters. The first-order valence-electron chi connectivity index (χ1n) is 8.09. The van der Waals surface area contributed by atoms with Crippen LogP contribution in [0, 0.1) is 0 Å². The highest BCUT2D eigenvalue weighted by Gasteiger charge is 2.25. The molecule has 0 aromatic rings. The van der Waals surface area contributed by atoms with E-state index in [0.29, 0.717) is 12.1 Å². The molecule has 0 aliphatic carbocycles. The lowest BCUT2D eigenvalue weighted by Crippen LogP contribution is -2.51. The first kappa shape index (κ1) is 16.9. The van der Waals surface area contributed by atoms with Crippen LogP contribution < -0.4 is 5.32 Å². The highest BCUT2D eigenvalue weighted by atomic mass is 16.5. The van der Waals surface area contributed by atoms with E-state index < -0.39 is 0 Å². The summed E-state index contributed by atoms with van der Waals surface area (Å²) in [7, 11) is 0. The zero-order valence-corrected chi connectivity index (χ0v) is 13.7. The van der Waals surface area contributed by atoms with Crippen molar-refractivity contribution in [2.75, 3.05) is 26.2 Å². The largest absolute Gasteiger partial charge is 0.377 e. The molecule has 114 valence electrons. The minimum absolute atomic E-state index is 0.252. The Hall–Kier alpha value is -0.120. The number of hydrogen-bond donors (Lipinski definition) is 1. The SMILES string of the molecule is CCCOC1CCCN(C(C)CNC(C)(C)CC)C1. The molecule has 0 bridgehead atoms. The third-order valence-corrected chi connectivity index (χ3v) is 4.35. The van der Waals surface area contributed by atoms with Gasteiger partial charge in [0.1, 0.15) is 0 Å². The quantitative estimate of drug-likeness (QED) is 0.733. The Kier molecular flexibility index (Phi) is 7.33. The van der Waals surface area contributed by atoms with Gasteiger partial charge >= 0.3 is 0 Å². The van der Waals surface area contributed by atoms with E-state index in [1.54, 1.807) is 0 Å². The molecular weight excluding hydrogens is 236 g/mol. The van der Waals surface area contributed by atoms with Crippen LogP contribution in [0.2, 0.25) is 0 Å². The molecule has 3 nitrogen and oxygen atoms in total. The second-order valence-electron chi connectivity index (χ2n) is 6.60. The predicted octanol–water partition coefficient (Wildman–Crippen LogP) is 3.04. The molecule has 0 aromatic heterocycles. The van der Waals surface area contributed by atoms with Gasteiger partial charge in [-0.25, -0.2) is 0 Å². The molecule has 0 aromatic carbocycles. The lowest BCUT2D eigenvalue weighted by atomic mass is 10.0. The minimum Gasteiger partial charge on any atom is -0.377 e. The number of piperidine rings is 1. The van der Waals surface area contributed by atoms with Crippen molar-refractivity contribution in [3.8, 4) is 0 Å². The summed E-state index contributed by atoms with van der Waals surface area (Å²) in [4.78, 5) is 2.59. The Morgan fingerprint density at radius 2 is 2.11 bits per heavy atom. The summed E-state index contributed by atoms with van der Waals surface area (Å²) in [5.74, 6) is 0. The monoisotopic (exact) mass is 270 g/mol. The van der Waals surface area contributed by atoms with E-state index >= 15 is 0 Å². The molecule has 1 N–H and O–H groups in total. The van der Waals surface area contributed by atoms with Crippen LogP contribution in [-0.2, 0) is 4.74 Å². The summed E-state index contributed by atoms with van der Waals surface area (Å²) in [6.07, 6.45) is 5.25. The van der Waals surface area contributed by atoms with E-state index in [2.05, 4.69) is 44.8 Å². The van der Waals surface area contributed by atoms with Crippen molar-refractivity contribution in [3.63, 3.8) is 0 Å². The number of rotatable bonds is 8. The molecule has 19 heavy (non-hydrogen) atoms. The Morgan fingerprint density at radius 1 is 1.37 bits per heavy atom. The van der Waals surface area contributed by atoms with Gasteiger partial charge in [-0.3, -0.25) is 4.90 Å². The number of nitrogens with zero attached hydrogens (tertiary/aromatic N) is 1. The fourth-order valence-corrected chi connectivity index (χ4v) is 2.47. The molecule has 0 saturated carbocycles. The van der Waals surface area contributed by atoms with E-state index in [9.17, 15) is 0 Å². The van der Waals surface area contributed by atoms with Gasteiger partial charge in [0.05, 0.1) is 6.10 Å². The molecule has 1 fully saturated rings. The van der Waals surface area contributed by atoms with Crippen LogP contribution in [0.5, 0.6) is 0 Å². The van der Waals surface area contributed by atoms with Crippen molar-refractivity contribution < 1.29 is 4.74 Å². The highest BCUT2D eigenvalue weighted by molar-refractivity contribution is 4.82. The molecule has 1 aliphatic heterocycles. The molecule has 1 aliphatic rings. The van der Waals surface area contributed by atoms with Crippen molar-refractivity contribution in [2.24, 2.45) is 0 Å². The average molecular weight is 270 g/mol. The zero-order valence-electron chi connectivity index (χ0n) is 13.7. The topological polar surface area (TPSA) is 24.5 Å². The predicted molar refractivity (Wildman–Crippen MR) is 82.7 cm³/mol. The summed E-state index contributed by atoms with van der Waals surface area (Å²) in [5, 5.41) is 3.68. The van der Waals surface area contributed by atoms with Crippen LogP contribution in [0.3, 0.4) is 0 Å². The fourth-order valence-electron chi connectivity index (χ4n) is 2.47. The van der Waals surface area contributed by atoms with Crippen molar-refractivity contribution in [1.29, 1.82) is 0 Å². The van der Waals surface area contributed by atoms with Crippen LogP contribution in [0.15, 0.2) is 0 Å². The zero-order chi connectivity index (χ0) is 14.3. The molecular formula is C16H34N2O. The second-order valence-corrected chi connectivity index (χ2v) is 6.60. The number of likely N-dealkylation sites (tertiary alicyclic amines) is 1. The van der Waals surface area contributed by atoms with Gasteiger partial charge in [0.15, 0.2) is 0 Å². The van der Waals surface area contributed by atoms with E-state index in [1.807, 2.05) is 0 Å². The van der Waals surface area contributed by atoms with Crippen LogP contribution in [-0.4, -0.2) is 48.8 Å². The number of nitrogens with one attached hydrogen (secondary N) is 1. The minimum atomic E-state index is 0.252. The molecule has 0 amide bonds. The van der Waals surface area contributed by atoms with Gasteiger partial charge in [0.2, 0.25) is 0 Å². The van der Waals surface area contributed by atoms with Crippen molar-refractivity contribution >= 4 is 0 Å². The molecule has 0 radical (unpaired) electrons. The maximum absolute atomic E-state index is 5.92. The first-order valence-corrected chi connectivity index (χ1v) is 8.09. The standard InChI is InChI=1S/C16H34N2O/c1-6-11-19-15-9-8-10-18(13-15)14(3)12-17-16(4,5)7-2/h14-15,17H,6-13H2,1-5H3. The normalized spacial score (nSPS) is 23.5. The highest BCUT2D eigenvalue weighted by Crippen LogP contribution is 2.16. The van der Waals surface area contributed by atoms with Gasteiger partial charge < -0.3 is 10.1 Å². The maximum atomic E-state index is 5.92. The molecule has 2 atom stereocenters. The van der Waals surface area contributed by atoms with Gasteiger partial charge in [-0.15, -0.1) is 0 Å². The molecule has 1 heterocycles. The van der Waals surface area contributed by atoms with E-state index in [0.717, 1.165) is 26.1 Å². The Bertz CT molecular complexity index is 243. The van der Waals surface area contributed by atoms with Crippen molar-refractivity contribution in [3.05, 3.63) is 0 Å². The Labute approximate surface area is 120 Å². The van der Waals surface area contributed by atoms with Crippen LogP contribution in [0.1, 0.15) is 60.3 Å². The first-order chi connectivity index (χ1) is 8.98. The summed E-state index contributed by atoms with van der Waals surface area (Å²) < 4.78 is 5.92. The molecule has 3 heteroatoms. The van der Waals surface area contributed by atoms with Gasteiger partial charge in [0.25, 0.3) is 0 Å². The smallest absolute Gasteiger partial charge is 0.0702 e. The van der Waals surface area contributed by atoms with Gasteiger partial charge in [-0.05, 0) is 53.0 Å². The molecule has 1 saturated heterocycles. The lowest BCUT2D eigenvalue weighted by molar-refractivity contribution is -0.0108. The summed E-state index contributed by atoms with van der Waals surface area (Å²) in [6.45, 7) is 15.6. The van der Waals surface area contributed by atoms with Crippen LogP contribution in [0.25, 0.3) is 0 Å². The van der Waals surface area contributed by atoms with Gasteiger partial charge in [-0.1, -0.05) is 13.8 Å².